The van der Waals surface area contributed by atoms with Crippen LogP contribution in [0.2, 0.25) is 0 Å². The van der Waals surface area contributed by atoms with E-state index >= 15 is 0 Å². The third kappa shape index (κ3) is 35.0. The van der Waals surface area contributed by atoms with Gasteiger partial charge in [-0.05, 0) is 44.9 Å². The van der Waals surface area contributed by atoms with E-state index in [-0.39, 0.29) is 19.4 Å². The van der Waals surface area contributed by atoms with Crippen molar-refractivity contribution < 1.29 is 47.5 Å². The van der Waals surface area contributed by atoms with Crippen LogP contribution in [-0.2, 0) is 37.5 Å². The van der Waals surface area contributed by atoms with E-state index < -0.39 is 51.1 Å². The van der Waals surface area contributed by atoms with Crippen molar-refractivity contribution in [3.8, 4) is 0 Å². The van der Waals surface area contributed by atoms with E-state index in [4.69, 9.17) is 24.8 Å². The molecule has 3 unspecified atom stereocenters. The fraction of sp³-hybridized carbons (Fsp3) is 0.825. The number of hydrogen-bond donors (Lipinski definition) is 3. The molecule has 3 atom stereocenters. The van der Waals surface area contributed by atoms with Crippen molar-refractivity contribution in [2.75, 3.05) is 19.8 Å². The number of esters is 2. The van der Waals surface area contributed by atoms with Gasteiger partial charge in [0.15, 0.2) is 6.10 Å². The molecule has 52 heavy (non-hydrogen) atoms. The van der Waals surface area contributed by atoms with Crippen LogP contribution in [0.1, 0.15) is 181 Å². The number of carboxylic acids is 1. The quantitative estimate of drug-likeness (QED) is 0.0237. The van der Waals surface area contributed by atoms with Gasteiger partial charge >= 0.3 is 25.7 Å². The number of allylic oxidation sites excluding steroid dienone is 4. The fourth-order valence-corrected chi connectivity index (χ4v) is 6.23. The third-order valence-corrected chi connectivity index (χ3v) is 9.65. The molecule has 0 radical (unpaired) electrons. The Balaban J connectivity index is 4.42. The predicted octanol–water partition coefficient (Wildman–Crippen LogP) is 10.3. The topological polar surface area (TPSA) is 172 Å². The lowest BCUT2D eigenvalue weighted by Crippen LogP contribution is -2.34. The summed E-state index contributed by atoms with van der Waals surface area (Å²) in [5.74, 6) is -2.39. The van der Waals surface area contributed by atoms with Crippen molar-refractivity contribution in [1.29, 1.82) is 0 Å². The lowest BCUT2D eigenvalue weighted by Gasteiger charge is -2.20. The minimum Gasteiger partial charge on any atom is -0.480 e. The van der Waals surface area contributed by atoms with E-state index in [1.807, 2.05) is 0 Å². The minimum absolute atomic E-state index is 0.148. The Morgan fingerprint density at radius 3 is 1.52 bits per heavy atom. The number of nitrogens with two attached hydrogens (primary N) is 1. The standard InChI is InChI=1S/C40H74NO10P/c1-3-5-7-9-11-13-15-17-18-19-20-22-24-26-28-30-32-39(43)51-36(34-49-52(46,47)50-35-37(41)40(44)45)33-48-38(42)31-29-27-25-23-21-16-14-12-10-8-6-4-2/h13,15,18-19,36-37H,3-12,14,16-17,20-35,41H2,1-2H3,(H,44,45)(H,46,47)/b15-13-,19-18-. The van der Waals surface area contributed by atoms with E-state index in [0.717, 1.165) is 64.2 Å². The Kier molecular flexibility index (Phi) is 34.6. The van der Waals surface area contributed by atoms with Crippen molar-refractivity contribution in [3.63, 3.8) is 0 Å². The van der Waals surface area contributed by atoms with Crippen molar-refractivity contribution in [2.24, 2.45) is 5.73 Å². The molecule has 0 aromatic heterocycles. The fourth-order valence-electron chi connectivity index (χ4n) is 5.45. The number of aliphatic carboxylic acids is 1. The minimum atomic E-state index is -4.71. The highest BCUT2D eigenvalue weighted by atomic mass is 31.2. The molecular formula is C40H74NO10P. The zero-order valence-electron chi connectivity index (χ0n) is 32.7. The summed E-state index contributed by atoms with van der Waals surface area (Å²) in [7, 11) is -4.71. The Labute approximate surface area is 315 Å². The highest BCUT2D eigenvalue weighted by Crippen LogP contribution is 2.43. The van der Waals surface area contributed by atoms with Gasteiger partial charge in [-0.2, -0.15) is 0 Å². The number of hydrogen-bond acceptors (Lipinski definition) is 9. The van der Waals surface area contributed by atoms with Crippen LogP contribution in [-0.4, -0.2) is 59.9 Å². The van der Waals surface area contributed by atoms with Crippen LogP contribution in [0.3, 0.4) is 0 Å². The highest BCUT2D eigenvalue weighted by molar-refractivity contribution is 7.47. The van der Waals surface area contributed by atoms with Gasteiger partial charge in [-0.3, -0.25) is 23.4 Å². The summed E-state index contributed by atoms with van der Waals surface area (Å²) in [6.45, 7) is 2.76. The lowest BCUT2D eigenvalue weighted by molar-refractivity contribution is -0.161. The molecule has 0 heterocycles. The van der Waals surface area contributed by atoms with Gasteiger partial charge in [-0.1, -0.05) is 147 Å². The smallest absolute Gasteiger partial charge is 0.472 e. The summed E-state index contributed by atoms with van der Waals surface area (Å²) in [5, 5.41) is 8.87. The van der Waals surface area contributed by atoms with E-state index in [0.29, 0.717) is 12.8 Å². The molecule has 0 aromatic rings. The number of ether oxygens (including phenoxy) is 2. The monoisotopic (exact) mass is 760 g/mol. The summed E-state index contributed by atoms with van der Waals surface area (Å²) < 4.78 is 32.6. The predicted molar refractivity (Wildman–Crippen MR) is 208 cm³/mol. The average Bonchev–Trinajstić information content (AvgIpc) is 3.12. The zero-order chi connectivity index (χ0) is 38.5. The molecule has 0 rings (SSSR count). The first kappa shape index (κ1) is 50.0. The van der Waals surface area contributed by atoms with Gasteiger partial charge in [0.2, 0.25) is 0 Å². The first-order valence-electron chi connectivity index (χ1n) is 20.4. The Hall–Kier alpha value is -2.04. The van der Waals surface area contributed by atoms with Crippen LogP contribution >= 0.6 is 7.82 Å². The summed E-state index contributed by atoms with van der Waals surface area (Å²) in [5.41, 5.74) is 5.32. The van der Waals surface area contributed by atoms with E-state index in [1.165, 1.54) is 77.0 Å². The van der Waals surface area contributed by atoms with Gasteiger partial charge in [0, 0.05) is 12.8 Å². The number of unbranched alkanes of at least 4 members (excludes halogenated alkanes) is 20. The molecule has 12 heteroatoms. The van der Waals surface area contributed by atoms with Gasteiger partial charge in [0.25, 0.3) is 0 Å². The Morgan fingerprint density at radius 2 is 1.02 bits per heavy atom. The van der Waals surface area contributed by atoms with Gasteiger partial charge < -0.3 is 25.2 Å². The second kappa shape index (κ2) is 36.0. The summed E-state index contributed by atoms with van der Waals surface area (Å²) in [6, 6.07) is -1.52. The SMILES string of the molecule is CCCCCC/C=C\C/C=C\CCCCCCCC(=O)OC(COC(=O)CCCCCCCCCCCCCC)COP(=O)(O)OCC(N)C(=O)O. The maximum atomic E-state index is 12.6. The van der Waals surface area contributed by atoms with Crippen LogP contribution in [0.4, 0.5) is 0 Å². The van der Waals surface area contributed by atoms with Crippen LogP contribution in [0, 0.1) is 0 Å². The maximum absolute atomic E-state index is 12.6. The van der Waals surface area contributed by atoms with Crippen molar-refractivity contribution in [1.82, 2.24) is 0 Å². The molecule has 0 saturated carbocycles. The van der Waals surface area contributed by atoms with Gasteiger partial charge in [-0.25, -0.2) is 4.57 Å². The number of carbonyl (C=O) groups is 3. The molecule has 0 saturated heterocycles. The number of phosphoric acid groups is 1. The Morgan fingerprint density at radius 1 is 0.596 bits per heavy atom. The average molecular weight is 760 g/mol. The van der Waals surface area contributed by atoms with Crippen LogP contribution < -0.4 is 5.73 Å². The van der Waals surface area contributed by atoms with E-state index in [1.54, 1.807) is 0 Å². The molecule has 0 aliphatic heterocycles. The molecule has 0 aliphatic carbocycles. The van der Waals surface area contributed by atoms with Crippen LogP contribution in [0.25, 0.3) is 0 Å². The summed E-state index contributed by atoms with van der Waals surface area (Å²) >= 11 is 0. The molecule has 0 aromatic carbocycles. The highest BCUT2D eigenvalue weighted by Gasteiger charge is 2.28. The first-order valence-corrected chi connectivity index (χ1v) is 21.9. The zero-order valence-corrected chi connectivity index (χ0v) is 33.5. The number of phosphoric ester groups is 1. The second-order valence-electron chi connectivity index (χ2n) is 13.8. The molecule has 0 spiro atoms. The van der Waals surface area contributed by atoms with Crippen molar-refractivity contribution >= 4 is 25.7 Å². The summed E-state index contributed by atoms with van der Waals surface area (Å²) in [4.78, 5) is 45.8. The Bertz CT molecular complexity index is 989. The molecule has 304 valence electrons. The molecule has 4 N–H and O–H groups in total. The lowest BCUT2D eigenvalue weighted by atomic mass is 10.0. The molecule has 0 bridgehead atoms. The van der Waals surface area contributed by atoms with Gasteiger partial charge in [0.1, 0.15) is 12.6 Å². The van der Waals surface area contributed by atoms with Crippen molar-refractivity contribution in [3.05, 3.63) is 24.3 Å². The van der Waals surface area contributed by atoms with E-state index in [9.17, 15) is 23.8 Å². The first-order chi connectivity index (χ1) is 25.1. The maximum Gasteiger partial charge on any atom is 0.472 e. The number of carboxylic acid groups (broad SMARTS) is 1. The van der Waals surface area contributed by atoms with Crippen molar-refractivity contribution in [2.45, 2.75) is 193 Å². The normalized spacial score (nSPS) is 14.1. The van der Waals surface area contributed by atoms with Gasteiger partial charge in [0.05, 0.1) is 13.2 Å². The summed E-state index contributed by atoms with van der Waals surface area (Å²) in [6.07, 6.45) is 35.3. The largest absolute Gasteiger partial charge is 0.480 e. The van der Waals surface area contributed by atoms with E-state index in [2.05, 4.69) is 42.7 Å². The van der Waals surface area contributed by atoms with Crippen LogP contribution in [0.5, 0.6) is 0 Å². The van der Waals surface area contributed by atoms with Crippen LogP contribution in [0.15, 0.2) is 24.3 Å². The number of carbonyl (C=O) groups excluding carboxylic acids is 2. The van der Waals surface area contributed by atoms with Gasteiger partial charge in [-0.15, -0.1) is 0 Å². The number of rotatable bonds is 38. The molecule has 11 nitrogen and oxygen atoms in total. The third-order valence-electron chi connectivity index (χ3n) is 8.70. The molecule has 0 aliphatic rings. The molecule has 0 amide bonds. The second-order valence-corrected chi connectivity index (χ2v) is 15.2. The molecular weight excluding hydrogens is 685 g/mol. The molecule has 0 fully saturated rings.